The van der Waals surface area contributed by atoms with E-state index in [0.29, 0.717) is 11.0 Å². The third kappa shape index (κ3) is 4.74. The normalized spacial score (nSPS) is 27.6. The highest BCUT2D eigenvalue weighted by Crippen LogP contribution is 2.32. The van der Waals surface area contributed by atoms with Gasteiger partial charge in [0.1, 0.15) is 6.04 Å². The molecule has 16 heavy (non-hydrogen) atoms. The summed E-state index contributed by atoms with van der Waals surface area (Å²) in [6.07, 6.45) is 5.15. The van der Waals surface area contributed by atoms with Crippen molar-refractivity contribution < 1.29 is 9.90 Å². The molecule has 0 aromatic heterocycles. The topological polar surface area (TPSA) is 49.3 Å². The molecule has 1 rings (SSSR count). The number of hydrogen-bond acceptors (Lipinski definition) is 3. The van der Waals surface area contributed by atoms with Crippen LogP contribution in [0.3, 0.4) is 0 Å². The third-order valence-electron chi connectivity index (χ3n) is 3.14. The first-order valence-corrected chi connectivity index (χ1v) is 7.26. The van der Waals surface area contributed by atoms with Crippen LogP contribution in [0.5, 0.6) is 0 Å². The standard InChI is InChI=1S/C12H23NO2S/c1-3-13-11(12(14)15)8-16-10-6-4-5-9(2)7-10/h9-11,13H,3-8H2,1-2H3,(H,14,15). The number of likely N-dealkylation sites (N-methyl/N-ethyl adjacent to an activating group) is 1. The molecule has 0 spiro atoms. The van der Waals surface area contributed by atoms with Crippen molar-refractivity contribution in [2.75, 3.05) is 12.3 Å². The van der Waals surface area contributed by atoms with Gasteiger partial charge in [-0.1, -0.05) is 26.7 Å². The van der Waals surface area contributed by atoms with Crippen molar-refractivity contribution in [2.24, 2.45) is 5.92 Å². The second-order valence-corrected chi connectivity index (χ2v) is 6.01. The molecule has 1 fully saturated rings. The summed E-state index contributed by atoms with van der Waals surface area (Å²) in [5, 5.41) is 12.7. The van der Waals surface area contributed by atoms with Crippen LogP contribution in [0, 0.1) is 5.92 Å². The maximum absolute atomic E-state index is 11.0. The van der Waals surface area contributed by atoms with Crippen LogP contribution in [0.1, 0.15) is 39.5 Å². The van der Waals surface area contributed by atoms with Gasteiger partial charge in [0.2, 0.25) is 0 Å². The Hall–Kier alpha value is -0.220. The van der Waals surface area contributed by atoms with E-state index in [1.54, 1.807) is 0 Å². The zero-order chi connectivity index (χ0) is 12.0. The Labute approximate surface area is 102 Å². The van der Waals surface area contributed by atoms with Crippen LogP contribution in [-0.4, -0.2) is 34.7 Å². The molecule has 0 aliphatic heterocycles. The lowest BCUT2D eigenvalue weighted by atomic mass is 9.91. The van der Waals surface area contributed by atoms with Gasteiger partial charge in [-0.05, 0) is 25.3 Å². The highest BCUT2D eigenvalue weighted by molar-refractivity contribution is 7.99. The van der Waals surface area contributed by atoms with Crippen molar-refractivity contribution in [1.82, 2.24) is 5.32 Å². The Bertz CT molecular complexity index is 223. The van der Waals surface area contributed by atoms with E-state index in [1.807, 2.05) is 18.7 Å². The number of carbonyl (C=O) groups is 1. The molecule has 0 aromatic carbocycles. The lowest BCUT2D eigenvalue weighted by Crippen LogP contribution is -2.39. The zero-order valence-electron chi connectivity index (χ0n) is 10.2. The maximum Gasteiger partial charge on any atom is 0.321 e. The van der Waals surface area contributed by atoms with Gasteiger partial charge in [0.15, 0.2) is 0 Å². The quantitative estimate of drug-likeness (QED) is 0.754. The van der Waals surface area contributed by atoms with Crippen LogP contribution >= 0.6 is 11.8 Å². The Morgan fingerprint density at radius 2 is 2.31 bits per heavy atom. The molecule has 0 amide bonds. The van der Waals surface area contributed by atoms with Crippen molar-refractivity contribution in [3.8, 4) is 0 Å². The van der Waals surface area contributed by atoms with Gasteiger partial charge in [-0.25, -0.2) is 0 Å². The van der Waals surface area contributed by atoms with Gasteiger partial charge < -0.3 is 10.4 Å². The van der Waals surface area contributed by atoms with Gasteiger partial charge in [0.25, 0.3) is 0 Å². The predicted molar refractivity (Wildman–Crippen MR) is 69.0 cm³/mol. The van der Waals surface area contributed by atoms with Crippen LogP contribution in [-0.2, 0) is 4.79 Å². The van der Waals surface area contributed by atoms with Crippen LogP contribution in [0.15, 0.2) is 0 Å². The molecule has 3 atom stereocenters. The number of aliphatic carboxylic acids is 1. The minimum Gasteiger partial charge on any atom is -0.480 e. The fraction of sp³-hybridized carbons (Fsp3) is 0.917. The van der Waals surface area contributed by atoms with Gasteiger partial charge in [-0.3, -0.25) is 4.79 Å². The summed E-state index contributed by atoms with van der Waals surface area (Å²) < 4.78 is 0. The smallest absolute Gasteiger partial charge is 0.321 e. The summed E-state index contributed by atoms with van der Waals surface area (Å²) in [7, 11) is 0. The van der Waals surface area contributed by atoms with Crippen molar-refractivity contribution in [3.63, 3.8) is 0 Å². The second-order valence-electron chi connectivity index (χ2n) is 4.68. The number of carboxylic acid groups (broad SMARTS) is 1. The molecular weight excluding hydrogens is 222 g/mol. The van der Waals surface area contributed by atoms with E-state index in [0.717, 1.165) is 12.5 Å². The van der Waals surface area contributed by atoms with E-state index >= 15 is 0 Å². The number of nitrogens with one attached hydrogen (secondary N) is 1. The Balaban J connectivity index is 2.28. The van der Waals surface area contributed by atoms with Gasteiger partial charge in [0.05, 0.1) is 0 Å². The number of rotatable bonds is 6. The fourth-order valence-corrected chi connectivity index (χ4v) is 3.75. The highest BCUT2D eigenvalue weighted by Gasteiger charge is 2.22. The summed E-state index contributed by atoms with van der Waals surface area (Å²) in [6.45, 7) is 4.97. The Kier molecular flexibility index (Phi) is 6.21. The second kappa shape index (κ2) is 7.17. The van der Waals surface area contributed by atoms with E-state index in [9.17, 15) is 4.79 Å². The summed E-state index contributed by atoms with van der Waals surface area (Å²) >= 11 is 1.83. The number of hydrogen-bond donors (Lipinski definition) is 2. The lowest BCUT2D eigenvalue weighted by Gasteiger charge is -2.27. The molecule has 2 N–H and O–H groups in total. The third-order valence-corrected chi connectivity index (χ3v) is 4.56. The van der Waals surface area contributed by atoms with E-state index in [2.05, 4.69) is 12.2 Å². The van der Waals surface area contributed by atoms with E-state index in [4.69, 9.17) is 5.11 Å². The number of carboxylic acids is 1. The Morgan fingerprint density at radius 1 is 1.56 bits per heavy atom. The van der Waals surface area contributed by atoms with Gasteiger partial charge in [0, 0.05) is 11.0 Å². The van der Waals surface area contributed by atoms with E-state index in [1.165, 1.54) is 25.7 Å². The molecule has 94 valence electrons. The molecule has 3 nitrogen and oxygen atoms in total. The van der Waals surface area contributed by atoms with Gasteiger partial charge in [-0.15, -0.1) is 0 Å². The SMILES string of the molecule is CCNC(CSC1CCCC(C)C1)C(=O)O. The lowest BCUT2D eigenvalue weighted by molar-refractivity contribution is -0.138. The van der Waals surface area contributed by atoms with Crippen LogP contribution in [0.4, 0.5) is 0 Å². The van der Waals surface area contributed by atoms with Gasteiger partial charge in [-0.2, -0.15) is 11.8 Å². The van der Waals surface area contributed by atoms with Crippen molar-refractivity contribution in [1.29, 1.82) is 0 Å². The molecule has 3 unspecified atom stereocenters. The summed E-state index contributed by atoms with van der Waals surface area (Å²) in [5.74, 6) is 0.785. The molecule has 4 heteroatoms. The van der Waals surface area contributed by atoms with Crippen LogP contribution in [0.2, 0.25) is 0 Å². The van der Waals surface area contributed by atoms with E-state index < -0.39 is 5.97 Å². The van der Waals surface area contributed by atoms with Crippen molar-refractivity contribution in [2.45, 2.75) is 50.8 Å². The number of thioether (sulfide) groups is 1. The first kappa shape index (κ1) is 13.8. The minimum atomic E-state index is -0.724. The molecule has 0 radical (unpaired) electrons. The average molecular weight is 245 g/mol. The largest absolute Gasteiger partial charge is 0.480 e. The molecule has 0 bridgehead atoms. The van der Waals surface area contributed by atoms with E-state index in [-0.39, 0.29) is 6.04 Å². The molecule has 1 aliphatic carbocycles. The summed E-state index contributed by atoms with van der Waals surface area (Å²) in [5.41, 5.74) is 0. The average Bonchev–Trinajstić information content (AvgIpc) is 2.24. The van der Waals surface area contributed by atoms with Crippen molar-refractivity contribution in [3.05, 3.63) is 0 Å². The molecule has 0 saturated heterocycles. The fourth-order valence-electron chi connectivity index (χ4n) is 2.23. The monoisotopic (exact) mass is 245 g/mol. The molecular formula is C12H23NO2S. The highest BCUT2D eigenvalue weighted by atomic mass is 32.2. The van der Waals surface area contributed by atoms with Crippen LogP contribution < -0.4 is 5.32 Å². The predicted octanol–water partition coefficient (Wildman–Crippen LogP) is 2.36. The molecule has 1 saturated carbocycles. The maximum atomic E-state index is 11.0. The Morgan fingerprint density at radius 3 is 2.88 bits per heavy atom. The van der Waals surface area contributed by atoms with Crippen LogP contribution in [0.25, 0.3) is 0 Å². The molecule has 0 heterocycles. The van der Waals surface area contributed by atoms with Crippen molar-refractivity contribution >= 4 is 17.7 Å². The minimum absolute atomic E-state index is 0.382. The zero-order valence-corrected chi connectivity index (χ0v) is 11.1. The summed E-state index contributed by atoms with van der Waals surface area (Å²) in [6, 6.07) is -0.382. The first-order chi connectivity index (χ1) is 7.63. The summed E-state index contributed by atoms with van der Waals surface area (Å²) in [4.78, 5) is 11.0. The van der Waals surface area contributed by atoms with Gasteiger partial charge >= 0.3 is 5.97 Å². The molecule has 1 aliphatic rings. The molecule has 0 aromatic rings. The first-order valence-electron chi connectivity index (χ1n) is 6.21.